The third-order valence-corrected chi connectivity index (χ3v) is 3.30. The number of hydrogen-bond acceptors (Lipinski definition) is 3. The van der Waals surface area contributed by atoms with Gasteiger partial charge >= 0.3 is 0 Å². The van der Waals surface area contributed by atoms with E-state index >= 15 is 0 Å². The molecule has 1 aliphatic carbocycles. The molecule has 1 aromatic rings. The summed E-state index contributed by atoms with van der Waals surface area (Å²) < 4.78 is 1.69. The van der Waals surface area contributed by atoms with Crippen LogP contribution in [0.15, 0.2) is 6.07 Å². The van der Waals surface area contributed by atoms with Crippen molar-refractivity contribution in [2.75, 3.05) is 6.54 Å². The van der Waals surface area contributed by atoms with Crippen molar-refractivity contribution in [3.8, 4) is 0 Å². The van der Waals surface area contributed by atoms with Crippen LogP contribution in [0.1, 0.15) is 35.4 Å². The molecule has 1 amide bonds. The van der Waals surface area contributed by atoms with E-state index in [1.54, 1.807) is 10.7 Å². The zero-order valence-corrected chi connectivity index (χ0v) is 11.0. The SMILES string of the molecule is Cc1cc(C(=O)NCC2(N)CCC2)nn1C.Cl. The van der Waals surface area contributed by atoms with Crippen LogP contribution in [0.3, 0.4) is 0 Å². The molecule has 0 aromatic carbocycles. The molecule has 1 saturated carbocycles. The standard InChI is InChI=1S/C11H18N4O.ClH/c1-8-6-9(14-15(8)2)10(16)13-7-11(12)4-3-5-11;/h6H,3-5,7,12H2,1-2H3,(H,13,16);1H. The van der Waals surface area contributed by atoms with Crippen LogP contribution in [-0.4, -0.2) is 27.8 Å². The fourth-order valence-corrected chi connectivity index (χ4v) is 1.83. The Labute approximate surface area is 107 Å². The number of hydrogen-bond donors (Lipinski definition) is 2. The van der Waals surface area contributed by atoms with Gasteiger partial charge in [-0.05, 0) is 32.3 Å². The van der Waals surface area contributed by atoms with Crippen LogP contribution in [0.5, 0.6) is 0 Å². The maximum absolute atomic E-state index is 11.8. The lowest BCUT2D eigenvalue weighted by atomic mass is 9.78. The Bertz CT molecular complexity index is 392. The van der Waals surface area contributed by atoms with Crippen molar-refractivity contribution >= 4 is 18.3 Å². The molecule has 0 aliphatic heterocycles. The Kier molecular flexibility index (Phi) is 4.16. The number of carbonyl (C=O) groups is 1. The summed E-state index contributed by atoms with van der Waals surface area (Å²) in [7, 11) is 1.82. The molecule has 0 unspecified atom stereocenters. The lowest BCUT2D eigenvalue weighted by molar-refractivity contribution is 0.0924. The molecule has 96 valence electrons. The molecule has 1 heterocycles. The molecule has 5 nitrogen and oxygen atoms in total. The Hall–Kier alpha value is -1.07. The minimum absolute atomic E-state index is 0. The van der Waals surface area contributed by atoms with Crippen LogP contribution >= 0.6 is 12.4 Å². The maximum Gasteiger partial charge on any atom is 0.271 e. The zero-order valence-electron chi connectivity index (χ0n) is 10.2. The molecule has 1 aromatic heterocycles. The molecule has 6 heteroatoms. The molecule has 0 saturated heterocycles. The summed E-state index contributed by atoms with van der Waals surface area (Å²) >= 11 is 0. The van der Waals surface area contributed by atoms with E-state index in [0.717, 1.165) is 25.0 Å². The van der Waals surface area contributed by atoms with Crippen LogP contribution in [0.2, 0.25) is 0 Å². The van der Waals surface area contributed by atoms with E-state index < -0.39 is 0 Å². The van der Waals surface area contributed by atoms with Gasteiger partial charge in [-0.15, -0.1) is 12.4 Å². The second-order valence-electron chi connectivity index (χ2n) is 4.69. The normalized spacial score (nSPS) is 16.9. The minimum Gasteiger partial charge on any atom is -0.349 e. The molecule has 0 bridgehead atoms. The Morgan fingerprint density at radius 2 is 2.29 bits per heavy atom. The first kappa shape index (κ1) is 14.0. The Balaban J connectivity index is 0.00000144. The topological polar surface area (TPSA) is 72.9 Å². The molecular formula is C11H19ClN4O. The van der Waals surface area contributed by atoms with Crippen LogP contribution in [-0.2, 0) is 7.05 Å². The van der Waals surface area contributed by atoms with Crippen molar-refractivity contribution in [1.82, 2.24) is 15.1 Å². The number of nitrogens with zero attached hydrogens (tertiary/aromatic N) is 2. The van der Waals surface area contributed by atoms with Crippen molar-refractivity contribution in [3.05, 3.63) is 17.5 Å². The molecule has 0 atom stereocenters. The van der Waals surface area contributed by atoms with Gasteiger partial charge in [0.2, 0.25) is 0 Å². The van der Waals surface area contributed by atoms with Gasteiger partial charge in [-0.25, -0.2) is 0 Å². The molecule has 1 fully saturated rings. The molecule has 17 heavy (non-hydrogen) atoms. The highest BCUT2D eigenvalue weighted by molar-refractivity contribution is 5.92. The van der Waals surface area contributed by atoms with Crippen molar-refractivity contribution in [2.24, 2.45) is 12.8 Å². The quantitative estimate of drug-likeness (QED) is 0.841. The number of rotatable bonds is 3. The highest BCUT2D eigenvalue weighted by Crippen LogP contribution is 2.28. The fraction of sp³-hybridized carbons (Fsp3) is 0.636. The smallest absolute Gasteiger partial charge is 0.271 e. The molecular weight excluding hydrogens is 240 g/mol. The second kappa shape index (κ2) is 5.06. The highest BCUT2D eigenvalue weighted by Gasteiger charge is 2.32. The average Bonchev–Trinajstić information content (AvgIpc) is 2.53. The molecule has 3 N–H and O–H groups in total. The van der Waals surface area contributed by atoms with Gasteiger partial charge in [0.1, 0.15) is 5.69 Å². The number of carbonyl (C=O) groups excluding carboxylic acids is 1. The number of nitrogens with two attached hydrogens (primary N) is 1. The van der Waals surface area contributed by atoms with Crippen molar-refractivity contribution in [3.63, 3.8) is 0 Å². The predicted octanol–water partition coefficient (Wildman–Crippen LogP) is 0.762. The first-order valence-corrected chi connectivity index (χ1v) is 5.58. The van der Waals surface area contributed by atoms with E-state index in [4.69, 9.17) is 5.73 Å². The van der Waals surface area contributed by atoms with Crippen molar-refractivity contribution in [2.45, 2.75) is 31.7 Å². The van der Waals surface area contributed by atoms with E-state index in [-0.39, 0.29) is 23.9 Å². The van der Waals surface area contributed by atoms with Gasteiger partial charge in [0.15, 0.2) is 0 Å². The maximum atomic E-state index is 11.8. The fourth-order valence-electron chi connectivity index (χ4n) is 1.83. The number of aromatic nitrogens is 2. The van der Waals surface area contributed by atoms with Gasteiger partial charge in [0.05, 0.1) is 0 Å². The first-order chi connectivity index (χ1) is 7.50. The highest BCUT2D eigenvalue weighted by atomic mass is 35.5. The van der Waals surface area contributed by atoms with Gasteiger partial charge in [-0.3, -0.25) is 9.48 Å². The Morgan fingerprint density at radius 1 is 1.65 bits per heavy atom. The van der Waals surface area contributed by atoms with Gasteiger partial charge in [0.25, 0.3) is 5.91 Å². The van der Waals surface area contributed by atoms with Gasteiger partial charge < -0.3 is 11.1 Å². The summed E-state index contributed by atoms with van der Waals surface area (Å²) in [5, 5.41) is 6.96. The van der Waals surface area contributed by atoms with E-state index in [0.29, 0.717) is 12.2 Å². The number of halogens is 1. The zero-order chi connectivity index (χ0) is 11.8. The van der Waals surface area contributed by atoms with E-state index in [2.05, 4.69) is 10.4 Å². The van der Waals surface area contributed by atoms with E-state index in [1.807, 2.05) is 14.0 Å². The summed E-state index contributed by atoms with van der Waals surface area (Å²) in [4.78, 5) is 11.8. The molecule has 1 aliphatic rings. The van der Waals surface area contributed by atoms with Crippen LogP contribution < -0.4 is 11.1 Å². The summed E-state index contributed by atoms with van der Waals surface area (Å²) in [6.45, 7) is 2.46. The van der Waals surface area contributed by atoms with Crippen molar-refractivity contribution in [1.29, 1.82) is 0 Å². The van der Waals surface area contributed by atoms with E-state index in [1.165, 1.54) is 0 Å². The monoisotopic (exact) mass is 258 g/mol. The summed E-state index contributed by atoms with van der Waals surface area (Å²) in [6.07, 6.45) is 3.15. The number of aryl methyl sites for hydroxylation is 2. The first-order valence-electron chi connectivity index (χ1n) is 5.58. The summed E-state index contributed by atoms with van der Waals surface area (Å²) in [5.41, 5.74) is 7.27. The largest absolute Gasteiger partial charge is 0.349 e. The van der Waals surface area contributed by atoms with Gasteiger partial charge in [0, 0.05) is 24.8 Å². The molecule has 0 radical (unpaired) electrons. The van der Waals surface area contributed by atoms with Crippen molar-refractivity contribution < 1.29 is 4.79 Å². The van der Waals surface area contributed by atoms with Crippen LogP contribution in [0.4, 0.5) is 0 Å². The van der Waals surface area contributed by atoms with Crippen LogP contribution in [0.25, 0.3) is 0 Å². The third kappa shape index (κ3) is 2.98. The Morgan fingerprint density at radius 3 is 2.71 bits per heavy atom. The third-order valence-electron chi connectivity index (χ3n) is 3.30. The minimum atomic E-state index is -0.181. The predicted molar refractivity (Wildman–Crippen MR) is 68.3 cm³/mol. The summed E-state index contributed by atoms with van der Waals surface area (Å²) in [5.74, 6) is -0.138. The van der Waals surface area contributed by atoms with Gasteiger partial charge in [-0.1, -0.05) is 0 Å². The lowest BCUT2D eigenvalue weighted by Crippen LogP contribution is -2.54. The number of amides is 1. The van der Waals surface area contributed by atoms with Gasteiger partial charge in [-0.2, -0.15) is 5.10 Å². The molecule has 0 spiro atoms. The summed E-state index contributed by atoms with van der Waals surface area (Å²) in [6, 6.07) is 1.78. The average molecular weight is 259 g/mol. The number of nitrogens with one attached hydrogen (secondary N) is 1. The van der Waals surface area contributed by atoms with Crippen LogP contribution in [0, 0.1) is 6.92 Å². The lowest BCUT2D eigenvalue weighted by Gasteiger charge is -2.37. The van der Waals surface area contributed by atoms with E-state index in [9.17, 15) is 4.79 Å². The molecule has 2 rings (SSSR count). The second-order valence-corrected chi connectivity index (χ2v) is 4.69.